The Hall–Kier alpha value is -2.54. The molecule has 7 nitrogen and oxygen atoms in total. The molecule has 0 atom stereocenters. The number of nitrogens with one attached hydrogen (secondary N) is 2. The summed E-state index contributed by atoms with van der Waals surface area (Å²) >= 11 is 0. The molecular weight excluding hydrogens is 292 g/mol. The normalized spacial score (nSPS) is 14.4. The van der Waals surface area contributed by atoms with Crippen LogP contribution in [0.5, 0.6) is 5.75 Å². The zero-order valence-corrected chi connectivity index (χ0v) is 13.4. The number of anilines is 3. The molecule has 1 aromatic carbocycles. The number of methoxy groups -OCH3 is 1. The summed E-state index contributed by atoms with van der Waals surface area (Å²) in [5.41, 5.74) is 6.95. The lowest BCUT2D eigenvalue weighted by atomic mass is 10.1. The summed E-state index contributed by atoms with van der Waals surface area (Å²) in [5.74, 6) is 2.70. The Labute approximate surface area is 135 Å². The Morgan fingerprint density at radius 3 is 2.87 bits per heavy atom. The maximum atomic E-state index is 5.83. The van der Waals surface area contributed by atoms with Gasteiger partial charge < -0.3 is 26.0 Å². The monoisotopic (exact) mass is 314 g/mol. The Balaban J connectivity index is 1.67. The number of rotatable bonds is 6. The molecule has 1 fully saturated rings. The van der Waals surface area contributed by atoms with Gasteiger partial charge in [-0.15, -0.1) is 0 Å². The molecule has 0 spiro atoms. The first-order valence-corrected chi connectivity index (χ1v) is 7.61. The highest BCUT2D eigenvalue weighted by Gasteiger charge is 2.26. The molecule has 1 aliphatic rings. The van der Waals surface area contributed by atoms with E-state index in [0.29, 0.717) is 12.6 Å². The van der Waals surface area contributed by atoms with Gasteiger partial charge in [0, 0.05) is 31.7 Å². The maximum absolute atomic E-state index is 5.83. The molecule has 1 aromatic heterocycles. The molecule has 2 heterocycles. The molecule has 0 amide bonds. The molecule has 122 valence electrons. The molecule has 4 N–H and O–H groups in total. The first-order chi connectivity index (χ1) is 11.2. The second-order valence-corrected chi connectivity index (χ2v) is 5.57. The number of nitrogens with two attached hydrogens (primary N) is 1. The number of aromatic nitrogens is 2. The molecule has 1 aliphatic heterocycles. The molecule has 23 heavy (non-hydrogen) atoms. The first kappa shape index (κ1) is 15.4. The predicted octanol–water partition coefficient (Wildman–Crippen LogP) is 1.09. The van der Waals surface area contributed by atoms with Gasteiger partial charge in [0.05, 0.1) is 7.11 Å². The minimum atomic E-state index is 0.281. The highest BCUT2D eigenvalue weighted by Crippen LogP contribution is 2.22. The van der Waals surface area contributed by atoms with Gasteiger partial charge in [-0.25, -0.2) is 0 Å². The molecule has 7 heteroatoms. The molecule has 0 aliphatic carbocycles. The van der Waals surface area contributed by atoms with Crippen molar-refractivity contribution in [3.8, 4) is 5.75 Å². The zero-order chi connectivity index (χ0) is 16.2. The summed E-state index contributed by atoms with van der Waals surface area (Å²) in [5, 5.41) is 6.54. The van der Waals surface area contributed by atoms with Crippen molar-refractivity contribution in [1.29, 1.82) is 0 Å². The number of nitrogen functional groups attached to an aromatic ring is 1. The van der Waals surface area contributed by atoms with E-state index in [0.717, 1.165) is 36.0 Å². The van der Waals surface area contributed by atoms with Gasteiger partial charge in [-0.05, 0) is 24.7 Å². The van der Waals surface area contributed by atoms with E-state index in [1.165, 1.54) is 0 Å². The van der Waals surface area contributed by atoms with Gasteiger partial charge in [0.25, 0.3) is 0 Å². The van der Waals surface area contributed by atoms with Gasteiger partial charge in [0.1, 0.15) is 17.4 Å². The number of benzene rings is 1. The second-order valence-electron chi connectivity index (χ2n) is 5.57. The average molecular weight is 314 g/mol. The Bertz CT molecular complexity index is 671. The van der Waals surface area contributed by atoms with E-state index in [9.17, 15) is 0 Å². The summed E-state index contributed by atoms with van der Waals surface area (Å²) < 4.78 is 5.23. The van der Waals surface area contributed by atoms with Crippen LogP contribution in [-0.4, -0.2) is 43.3 Å². The largest absolute Gasteiger partial charge is 0.497 e. The molecule has 2 aromatic rings. The number of likely N-dealkylation sites (N-methyl/N-ethyl adjacent to an activating group) is 1. The fourth-order valence-corrected chi connectivity index (χ4v) is 2.53. The van der Waals surface area contributed by atoms with Crippen LogP contribution in [0.3, 0.4) is 0 Å². The van der Waals surface area contributed by atoms with Crippen LogP contribution in [0.2, 0.25) is 0 Å². The van der Waals surface area contributed by atoms with E-state index in [4.69, 9.17) is 10.5 Å². The van der Waals surface area contributed by atoms with Crippen molar-refractivity contribution in [3.05, 3.63) is 35.9 Å². The standard InChI is InChI=1S/C16H22N6O/c1-18-12-9-22(10-12)15-7-14(20-16(17)21-15)19-8-11-4-3-5-13(6-11)23-2/h3-7,12,18H,8-10H2,1-2H3,(H3,17,19,20,21). The van der Waals surface area contributed by atoms with E-state index >= 15 is 0 Å². The number of hydrogen-bond acceptors (Lipinski definition) is 7. The topological polar surface area (TPSA) is 88.3 Å². The number of hydrogen-bond donors (Lipinski definition) is 3. The van der Waals surface area contributed by atoms with Crippen molar-refractivity contribution >= 4 is 17.6 Å². The smallest absolute Gasteiger partial charge is 0.223 e. The van der Waals surface area contributed by atoms with Crippen LogP contribution in [-0.2, 0) is 6.54 Å². The second kappa shape index (κ2) is 6.70. The van der Waals surface area contributed by atoms with Crippen LogP contribution in [0.4, 0.5) is 17.6 Å². The quantitative estimate of drug-likeness (QED) is 0.735. The Morgan fingerprint density at radius 2 is 2.13 bits per heavy atom. The van der Waals surface area contributed by atoms with Crippen LogP contribution in [0.25, 0.3) is 0 Å². The SMILES string of the molecule is CNC1CN(c2cc(NCc3cccc(OC)c3)nc(N)n2)C1. The van der Waals surface area contributed by atoms with E-state index in [-0.39, 0.29) is 5.95 Å². The summed E-state index contributed by atoms with van der Waals surface area (Å²) in [6, 6.07) is 10.4. The Morgan fingerprint density at radius 1 is 1.30 bits per heavy atom. The van der Waals surface area contributed by atoms with Crippen molar-refractivity contribution < 1.29 is 4.74 Å². The summed E-state index contributed by atoms with van der Waals surface area (Å²) in [4.78, 5) is 10.7. The van der Waals surface area contributed by atoms with Gasteiger partial charge in [-0.2, -0.15) is 9.97 Å². The molecule has 0 radical (unpaired) electrons. The van der Waals surface area contributed by atoms with Crippen LogP contribution in [0.15, 0.2) is 30.3 Å². The van der Waals surface area contributed by atoms with Gasteiger partial charge in [-0.3, -0.25) is 0 Å². The van der Waals surface area contributed by atoms with Gasteiger partial charge >= 0.3 is 0 Å². The Kier molecular flexibility index (Phi) is 4.47. The van der Waals surface area contributed by atoms with Crippen LogP contribution < -0.4 is 26.0 Å². The van der Waals surface area contributed by atoms with Crippen molar-refractivity contribution in [3.63, 3.8) is 0 Å². The lowest BCUT2D eigenvalue weighted by Gasteiger charge is -2.40. The van der Waals surface area contributed by atoms with Gasteiger partial charge in [0.2, 0.25) is 5.95 Å². The maximum Gasteiger partial charge on any atom is 0.223 e. The van der Waals surface area contributed by atoms with E-state index in [2.05, 4.69) is 25.5 Å². The van der Waals surface area contributed by atoms with Gasteiger partial charge in [0.15, 0.2) is 0 Å². The van der Waals surface area contributed by atoms with Crippen molar-refractivity contribution in [1.82, 2.24) is 15.3 Å². The number of nitrogens with zero attached hydrogens (tertiary/aromatic N) is 3. The third-order valence-electron chi connectivity index (χ3n) is 3.95. The minimum absolute atomic E-state index is 0.281. The van der Waals surface area contributed by atoms with E-state index in [1.807, 2.05) is 37.4 Å². The van der Waals surface area contributed by atoms with Crippen molar-refractivity contribution in [2.75, 3.05) is 43.2 Å². The van der Waals surface area contributed by atoms with Crippen LogP contribution >= 0.6 is 0 Å². The molecule has 0 unspecified atom stereocenters. The molecule has 0 bridgehead atoms. The fraction of sp³-hybridized carbons (Fsp3) is 0.375. The number of ether oxygens (including phenoxy) is 1. The van der Waals surface area contributed by atoms with Crippen LogP contribution in [0, 0.1) is 0 Å². The summed E-state index contributed by atoms with van der Waals surface area (Å²) in [6.07, 6.45) is 0. The molecule has 3 rings (SSSR count). The summed E-state index contributed by atoms with van der Waals surface area (Å²) in [7, 11) is 3.63. The highest BCUT2D eigenvalue weighted by atomic mass is 16.5. The molecule has 0 saturated carbocycles. The predicted molar refractivity (Wildman–Crippen MR) is 91.8 cm³/mol. The van der Waals surface area contributed by atoms with E-state index < -0.39 is 0 Å². The zero-order valence-electron chi connectivity index (χ0n) is 13.4. The van der Waals surface area contributed by atoms with Crippen molar-refractivity contribution in [2.45, 2.75) is 12.6 Å². The van der Waals surface area contributed by atoms with Crippen LogP contribution in [0.1, 0.15) is 5.56 Å². The molecule has 1 saturated heterocycles. The molecular formula is C16H22N6O. The lowest BCUT2D eigenvalue weighted by Crippen LogP contribution is -2.57. The minimum Gasteiger partial charge on any atom is -0.497 e. The van der Waals surface area contributed by atoms with Gasteiger partial charge in [-0.1, -0.05) is 12.1 Å². The van der Waals surface area contributed by atoms with E-state index in [1.54, 1.807) is 7.11 Å². The van der Waals surface area contributed by atoms with Crippen molar-refractivity contribution in [2.24, 2.45) is 0 Å². The fourth-order valence-electron chi connectivity index (χ4n) is 2.53. The first-order valence-electron chi connectivity index (χ1n) is 7.61. The third-order valence-corrected chi connectivity index (χ3v) is 3.95. The average Bonchev–Trinajstić information content (AvgIpc) is 2.52. The highest BCUT2D eigenvalue weighted by molar-refractivity contribution is 5.54. The third kappa shape index (κ3) is 3.62. The summed E-state index contributed by atoms with van der Waals surface area (Å²) in [6.45, 7) is 2.51. The lowest BCUT2D eigenvalue weighted by molar-refractivity contribution is 0.414.